The number of likely N-dealkylation sites (N-methyl/N-ethyl adjacent to an activating group) is 1. The summed E-state index contributed by atoms with van der Waals surface area (Å²) < 4.78 is 5.31. The highest BCUT2D eigenvalue weighted by molar-refractivity contribution is 5.66. The van der Waals surface area contributed by atoms with Crippen molar-refractivity contribution in [3.05, 3.63) is 0 Å². The summed E-state index contributed by atoms with van der Waals surface area (Å²) in [5.41, 5.74) is 0. The van der Waals surface area contributed by atoms with Crippen LogP contribution in [0.1, 0.15) is 32.6 Å². The van der Waals surface area contributed by atoms with Crippen LogP contribution < -0.4 is 0 Å². The van der Waals surface area contributed by atoms with Crippen LogP contribution in [0.25, 0.3) is 0 Å². The van der Waals surface area contributed by atoms with Gasteiger partial charge in [-0.1, -0.05) is 0 Å². The van der Waals surface area contributed by atoms with Crippen molar-refractivity contribution in [2.45, 2.75) is 50.8 Å². The Hall–Kier alpha value is -0.570. The Kier molecular flexibility index (Phi) is 2.28. The van der Waals surface area contributed by atoms with Crippen molar-refractivity contribution in [2.24, 2.45) is 0 Å². The first kappa shape index (κ1) is 9.00. The summed E-state index contributed by atoms with van der Waals surface area (Å²) >= 11 is 0. The second kappa shape index (κ2) is 3.29. The van der Waals surface area contributed by atoms with Gasteiger partial charge in [-0.3, -0.25) is 9.69 Å². The number of hydrogen-bond donors (Lipinski definition) is 0. The number of fused-ring (bicyclic) bond motifs is 2. The molecule has 2 unspecified atom stereocenters. The molecule has 2 fully saturated rings. The summed E-state index contributed by atoms with van der Waals surface area (Å²) in [5, 5.41) is 0. The first-order chi connectivity index (χ1) is 6.18. The Morgan fingerprint density at radius 3 is 2.69 bits per heavy atom. The lowest BCUT2D eigenvalue weighted by Gasteiger charge is -2.36. The van der Waals surface area contributed by atoms with Gasteiger partial charge < -0.3 is 4.74 Å². The Balaban J connectivity index is 2.01. The van der Waals surface area contributed by atoms with Gasteiger partial charge in [0.25, 0.3) is 0 Å². The molecule has 74 valence electrons. The Labute approximate surface area is 79.0 Å². The fourth-order valence-corrected chi connectivity index (χ4v) is 2.74. The molecule has 2 aliphatic rings. The van der Waals surface area contributed by atoms with Crippen molar-refractivity contribution in [1.82, 2.24) is 4.90 Å². The molecule has 3 nitrogen and oxygen atoms in total. The third-order valence-electron chi connectivity index (χ3n) is 3.43. The Bertz CT molecular complexity index is 217. The first-order valence-electron chi connectivity index (χ1n) is 5.07. The lowest BCUT2D eigenvalue weighted by atomic mass is 10.0. The minimum Gasteiger partial charge on any atom is -0.461 e. The number of carbonyl (C=O) groups excluding carboxylic acids is 1. The molecule has 0 N–H and O–H groups in total. The molecule has 0 radical (unpaired) electrons. The SMILES string of the molecule is CC(=O)O[C@@H]1CCC2CCC1N2C. The number of ether oxygens (including phenoxy) is 1. The number of hydrogen-bond acceptors (Lipinski definition) is 3. The van der Waals surface area contributed by atoms with E-state index in [0.717, 1.165) is 12.5 Å². The van der Waals surface area contributed by atoms with Crippen LogP contribution in [0.3, 0.4) is 0 Å². The van der Waals surface area contributed by atoms with Crippen molar-refractivity contribution in [3.8, 4) is 0 Å². The summed E-state index contributed by atoms with van der Waals surface area (Å²) in [6, 6.07) is 1.24. The van der Waals surface area contributed by atoms with Crippen LogP contribution in [0.2, 0.25) is 0 Å². The van der Waals surface area contributed by atoms with Gasteiger partial charge in [0.2, 0.25) is 0 Å². The van der Waals surface area contributed by atoms with E-state index >= 15 is 0 Å². The van der Waals surface area contributed by atoms with E-state index in [2.05, 4.69) is 11.9 Å². The van der Waals surface area contributed by atoms with Crippen LogP contribution in [-0.2, 0) is 9.53 Å². The van der Waals surface area contributed by atoms with Gasteiger partial charge in [0.05, 0.1) is 0 Å². The normalized spacial score (nSPS) is 39.1. The fraction of sp³-hybridized carbons (Fsp3) is 0.900. The summed E-state index contributed by atoms with van der Waals surface area (Å²) in [6.45, 7) is 1.50. The van der Waals surface area contributed by atoms with E-state index in [1.807, 2.05) is 0 Å². The van der Waals surface area contributed by atoms with Gasteiger partial charge in [0.15, 0.2) is 0 Å². The summed E-state index contributed by atoms with van der Waals surface area (Å²) in [4.78, 5) is 13.2. The molecule has 0 spiro atoms. The van der Waals surface area contributed by atoms with E-state index in [1.165, 1.54) is 26.2 Å². The zero-order valence-corrected chi connectivity index (χ0v) is 8.32. The van der Waals surface area contributed by atoms with E-state index in [9.17, 15) is 4.79 Å². The summed E-state index contributed by atoms with van der Waals surface area (Å²) in [7, 11) is 2.15. The smallest absolute Gasteiger partial charge is 0.302 e. The Morgan fingerprint density at radius 1 is 1.31 bits per heavy atom. The average molecular weight is 183 g/mol. The van der Waals surface area contributed by atoms with Crippen LogP contribution in [0.4, 0.5) is 0 Å². The number of esters is 1. The predicted octanol–water partition coefficient (Wildman–Crippen LogP) is 1.17. The highest BCUT2D eigenvalue weighted by Gasteiger charge is 2.41. The van der Waals surface area contributed by atoms with E-state index < -0.39 is 0 Å². The van der Waals surface area contributed by atoms with Crippen molar-refractivity contribution >= 4 is 5.97 Å². The van der Waals surface area contributed by atoms with Crippen molar-refractivity contribution < 1.29 is 9.53 Å². The molecular formula is C10H17NO2. The van der Waals surface area contributed by atoms with Crippen molar-refractivity contribution in [2.75, 3.05) is 7.05 Å². The van der Waals surface area contributed by atoms with Gasteiger partial charge >= 0.3 is 5.97 Å². The minimum atomic E-state index is -0.135. The van der Waals surface area contributed by atoms with Gasteiger partial charge in [-0.25, -0.2) is 0 Å². The molecular weight excluding hydrogens is 166 g/mol. The summed E-state index contributed by atoms with van der Waals surface area (Å²) in [6.07, 6.45) is 4.86. The van der Waals surface area contributed by atoms with E-state index in [1.54, 1.807) is 0 Å². The molecule has 0 aromatic heterocycles. The third-order valence-corrected chi connectivity index (χ3v) is 3.43. The van der Waals surface area contributed by atoms with E-state index in [-0.39, 0.29) is 12.1 Å². The molecule has 0 amide bonds. The highest BCUT2D eigenvalue weighted by Crippen LogP contribution is 2.35. The van der Waals surface area contributed by atoms with Gasteiger partial charge in [-0.05, 0) is 32.7 Å². The zero-order chi connectivity index (χ0) is 9.42. The van der Waals surface area contributed by atoms with Crippen molar-refractivity contribution in [1.29, 1.82) is 0 Å². The lowest BCUT2D eigenvalue weighted by molar-refractivity contribution is -0.151. The molecule has 0 aromatic rings. The maximum absolute atomic E-state index is 10.9. The van der Waals surface area contributed by atoms with Crippen LogP contribution >= 0.6 is 0 Å². The van der Waals surface area contributed by atoms with Crippen LogP contribution in [0, 0.1) is 0 Å². The molecule has 2 saturated heterocycles. The highest BCUT2D eigenvalue weighted by atomic mass is 16.5. The molecule has 0 aromatic carbocycles. The second-order valence-corrected chi connectivity index (χ2v) is 4.19. The molecule has 3 heteroatoms. The standard InChI is InChI=1S/C10H17NO2/c1-7(12)13-10-6-4-8-3-5-9(10)11(8)2/h8-10H,3-6H2,1-2H3/t8?,9?,10-/m1/s1. The van der Waals surface area contributed by atoms with E-state index in [0.29, 0.717) is 6.04 Å². The quantitative estimate of drug-likeness (QED) is 0.572. The number of piperidine rings is 1. The minimum absolute atomic E-state index is 0.135. The van der Waals surface area contributed by atoms with E-state index in [4.69, 9.17) is 4.74 Å². The number of carbonyl (C=O) groups is 1. The van der Waals surface area contributed by atoms with Gasteiger partial charge in [0, 0.05) is 19.0 Å². The number of nitrogens with zero attached hydrogens (tertiary/aromatic N) is 1. The molecule has 2 aliphatic heterocycles. The molecule has 13 heavy (non-hydrogen) atoms. The fourth-order valence-electron chi connectivity index (χ4n) is 2.74. The lowest BCUT2D eigenvalue weighted by Crippen LogP contribution is -2.46. The number of rotatable bonds is 1. The topological polar surface area (TPSA) is 29.5 Å². The predicted molar refractivity (Wildman–Crippen MR) is 49.4 cm³/mol. The maximum atomic E-state index is 10.9. The first-order valence-corrected chi connectivity index (χ1v) is 5.07. The van der Waals surface area contributed by atoms with Gasteiger partial charge in [-0.2, -0.15) is 0 Å². The average Bonchev–Trinajstić information content (AvgIpc) is 2.31. The van der Waals surface area contributed by atoms with Crippen LogP contribution in [0.15, 0.2) is 0 Å². The monoisotopic (exact) mass is 183 g/mol. The van der Waals surface area contributed by atoms with Crippen LogP contribution in [-0.4, -0.2) is 36.1 Å². The van der Waals surface area contributed by atoms with Gasteiger partial charge in [0.1, 0.15) is 6.10 Å². The molecule has 0 aliphatic carbocycles. The molecule has 2 bridgehead atoms. The molecule has 3 atom stereocenters. The summed E-state index contributed by atoms with van der Waals surface area (Å²) in [5.74, 6) is -0.135. The largest absolute Gasteiger partial charge is 0.461 e. The molecule has 2 heterocycles. The molecule has 2 rings (SSSR count). The maximum Gasteiger partial charge on any atom is 0.302 e. The molecule has 0 saturated carbocycles. The van der Waals surface area contributed by atoms with Gasteiger partial charge in [-0.15, -0.1) is 0 Å². The third kappa shape index (κ3) is 1.57. The second-order valence-electron chi connectivity index (χ2n) is 4.19. The zero-order valence-electron chi connectivity index (χ0n) is 8.32. The Morgan fingerprint density at radius 2 is 2.00 bits per heavy atom. The van der Waals surface area contributed by atoms with Crippen LogP contribution in [0.5, 0.6) is 0 Å². The van der Waals surface area contributed by atoms with Crippen molar-refractivity contribution in [3.63, 3.8) is 0 Å².